The number of amidine groups is 2. The van der Waals surface area contributed by atoms with Crippen molar-refractivity contribution < 1.29 is 18.9 Å². The van der Waals surface area contributed by atoms with Crippen LogP contribution < -0.4 is 16.2 Å². The van der Waals surface area contributed by atoms with Crippen LogP contribution in [-0.4, -0.2) is 38.2 Å². The molecule has 2 aromatic carbocycles. The number of nitrogens with two attached hydrogens (primary N) is 2. The molecule has 0 saturated heterocycles. The molecule has 0 fully saturated rings. The van der Waals surface area contributed by atoms with E-state index in [1.165, 1.54) is 14.2 Å². The Morgan fingerprint density at radius 1 is 0.862 bits per heavy atom. The van der Waals surface area contributed by atoms with Crippen LogP contribution >= 0.6 is 0 Å². The van der Waals surface area contributed by atoms with Crippen molar-refractivity contribution in [1.29, 1.82) is 0 Å². The highest BCUT2D eigenvalue weighted by molar-refractivity contribution is 5.99. The molecule has 1 aromatic heterocycles. The largest absolute Gasteiger partial charge is 0.496 e. The van der Waals surface area contributed by atoms with E-state index >= 15 is 0 Å². The molecule has 0 atom stereocenters. The van der Waals surface area contributed by atoms with Gasteiger partial charge in [0.05, 0.1) is 7.11 Å². The molecule has 0 aliphatic carbocycles. The van der Waals surface area contributed by atoms with Crippen molar-refractivity contribution in [1.82, 2.24) is 5.16 Å². The number of ether oxygens (including phenoxy) is 1. The van der Waals surface area contributed by atoms with Crippen molar-refractivity contribution >= 4 is 11.7 Å². The normalized spacial score (nSPS) is 12.0. The Morgan fingerprint density at radius 3 is 2.10 bits per heavy atom. The van der Waals surface area contributed by atoms with Gasteiger partial charge in [-0.25, -0.2) is 0 Å². The van der Waals surface area contributed by atoms with Crippen molar-refractivity contribution in [3.63, 3.8) is 0 Å². The Balaban J connectivity index is 1.94. The van der Waals surface area contributed by atoms with Crippen LogP contribution in [0, 0.1) is 0 Å². The van der Waals surface area contributed by atoms with Crippen molar-refractivity contribution in [3.05, 3.63) is 59.7 Å². The van der Waals surface area contributed by atoms with Crippen LogP contribution in [0.3, 0.4) is 0 Å². The van der Waals surface area contributed by atoms with E-state index in [-0.39, 0.29) is 11.7 Å². The number of hydrogen-bond acceptors (Lipinski definition) is 7. The van der Waals surface area contributed by atoms with E-state index in [9.17, 15) is 0 Å². The van der Waals surface area contributed by atoms with Gasteiger partial charge in [-0.3, -0.25) is 0 Å². The molecule has 3 aromatic rings. The summed E-state index contributed by atoms with van der Waals surface area (Å²) in [6, 6.07) is 14.5. The van der Waals surface area contributed by atoms with E-state index in [1.54, 1.807) is 19.2 Å². The summed E-state index contributed by atoms with van der Waals surface area (Å²) in [5.74, 6) is 1.73. The monoisotopic (exact) mass is 395 g/mol. The van der Waals surface area contributed by atoms with E-state index in [1.807, 2.05) is 36.4 Å². The molecule has 150 valence electrons. The first kappa shape index (κ1) is 19.7. The topological polar surface area (TPSA) is 130 Å². The highest BCUT2D eigenvalue weighted by Gasteiger charge is 2.15. The second kappa shape index (κ2) is 8.79. The molecular weight excluding hydrogens is 374 g/mol. The highest BCUT2D eigenvalue weighted by Crippen LogP contribution is 2.33. The first-order chi connectivity index (χ1) is 14.1. The molecule has 0 saturated carbocycles. The zero-order valence-corrected chi connectivity index (χ0v) is 16.2. The van der Waals surface area contributed by atoms with Crippen molar-refractivity contribution in [2.24, 2.45) is 21.8 Å². The van der Waals surface area contributed by atoms with Gasteiger partial charge in [0.25, 0.3) is 0 Å². The average Bonchev–Trinajstić information content (AvgIpc) is 3.24. The lowest BCUT2D eigenvalue weighted by Crippen LogP contribution is -2.13. The van der Waals surface area contributed by atoms with Gasteiger partial charge in [-0.05, 0) is 18.2 Å². The maximum Gasteiger partial charge on any atom is 0.170 e. The van der Waals surface area contributed by atoms with Crippen LogP contribution in [0.5, 0.6) is 5.75 Å². The van der Waals surface area contributed by atoms with Gasteiger partial charge in [0.2, 0.25) is 0 Å². The van der Waals surface area contributed by atoms with Gasteiger partial charge in [0.15, 0.2) is 17.4 Å². The Bertz CT molecular complexity index is 1040. The summed E-state index contributed by atoms with van der Waals surface area (Å²) in [6.07, 6.45) is 0. The smallest absolute Gasteiger partial charge is 0.170 e. The molecule has 0 spiro atoms. The fraction of sp³-hybridized carbons (Fsp3) is 0.150. The van der Waals surface area contributed by atoms with E-state index < -0.39 is 0 Å². The number of hydrogen-bond donors (Lipinski definition) is 2. The minimum absolute atomic E-state index is 0.242. The number of nitrogens with zero attached hydrogens (tertiary/aromatic N) is 3. The molecule has 1 heterocycles. The molecule has 9 heteroatoms. The molecule has 0 amide bonds. The Hall–Kier alpha value is -4.01. The molecule has 0 radical (unpaired) electrons. The standard InChI is InChI=1S/C20H21N5O4/c1-26-17-9-8-14(20(22)25-28-3)10-15(17)16-11-18(29-23-16)12-4-6-13(7-5-12)19(21)24-27-2/h4-11H,1-3H3,(H2,21,24)(H2,22,25). The summed E-state index contributed by atoms with van der Waals surface area (Å²) in [6.45, 7) is 0. The summed E-state index contributed by atoms with van der Waals surface area (Å²) in [5, 5.41) is 11.6. The van der Waals surface area contributed by atoms with Gasteiger partial charge in [-0.1, -0.05) is 39.7 Å². The third kappa shape index (κ3) is 4.29. The van der Waals surface area contributed by atoms with Gasteiger partial charge in [-0.2, -0.15) is 0 Å². The Kier molecular flexibility index (Phi) is 5.98. The molecule has 4 N–H and O–H groups in total. The zero-order chi connectivity index (χ0) is 20.8. The number of rotatable bonds is 7. The predicted molar refractivity (Wildman–Crippen MR) is 109 cm³/mol. The second-order valence-corrected chi connectivity index (χ2v) is 5.89. The number of benzene rings is 2. The predicted octanol–water partition coefficient (Wildman–Crippen LogP) is 2.55. The van der Waals surface area contributed by atoms with E-state index in [0.717, 1.165) is 11.1 Å². The van der Waals surface area contributed by atoms with Gasteiger partial charge >= 0.3 is 0 Å². The fourth-order valence-corrected chi connectivity index (χ4v) is 2.71. The lowest BCUT2D eigenvalue weighted by Gasteiger charge is -2.08. The van der Waals surface area contributed by atoms with Crippen LogP contribution in [0.25, 0.3) is 22.6 Å². The third-order valence-corrected chi connectivity index (χ3v) is 4.13. The molecular formula is C20H21N5O4. The number of methoxy groups -OCH3 is 1. The molecule has 3 rings (SSSR count). The lowest BCUT2D eigenvalue weighted by atomic mass is 10.0. The molecule has 29 heavy (non-hydrogen) atoms. The van der Waals surface area contributed by atoms with Gasteiger partial charge < -0.3 is 30.4 Å². The Labute approximate surface area is 167 Å². The highest BCUT2D eigenvalue weighted by atomic mass is 16.6. The maximum absolute atomic E-state index is 5.91. The maximum atomic E-state index is 5.91. The Morgan fingerprint density at radius 2 is 1.48 bits per heavy atom. The third-order valence-electron chi connectivity index (χ3n) is 4.13. The van der Waals surface area contributed by atoms with Gasteiger partial charge in [0.1, 0.15) is 25.7 Å². The van der Waals surface area contributed by atoms with Gasteiger partial charge in [0, 0.05) is 28.3 Å². The first-order valence-electron chi connectivity index (χ1n) is 8.57. The summed E-state index contributed by atoms with van der Waals surface area (Å²) in [4.78, 5) is 9.42. The molecule has 0 aliphatic rings. The summed E-state index contributed by atoms with van der Waals surface area (Å²) >= 11 is 0. The SMILES string of the molecule is CO/N=C(\N)c1ccc(-c2cc(-c3cc(/C(N)=N/OC)ccc3OC)no2)cc1. The van der Waals surface area contributed by atoms with Crippen molar-refractivity contribution in [2.75, 3.05) is 21.3 Å². The van der Waals surface area contributed by atoms with Gasteiger partial charge in [-0.15, -0.1) is 0 Å². The molecule has 0 aliphatic heterocycles. The van der Waals surface area contributed by atoms with Crippen LogP contribution in [0.1, 0.15) is 11.1 Å². The second-order valence-electron chi connectivity index (χ2n) is 5.89. The van der Waals surface area contributed by atoms with Crippen molar-refractivity contribution in [2.45, 2.75) is 0 Å². The number of aromatic nitrogens is 1. The van der Waals surface area contributed by atoms with Crippen LogP contribution in [-0.2, 0) is 9.68 Å². The van der Waals surface area contributed by atoms with E-state index in [4.69, 9.17) is 25.6 Å². The zero-order valence-electron chi connectivity index (χ0n) is 16.2. The average molecular weight is 395 g/mol. The molecule has 0 unspecified atom stereocenters. The minimum atomic E-state index is 0.242. The van der Waals surface area contributed by atoms with Crippen LogP contribution in [0.2, 0.25) is 0 Å². The molecule has 0 bridgehead atoms. The summed E-state index contributed by atoms with van der Waals surface area (Å²) < 4.78 is 11.0. The van der Waals surface area contributed by atoms with E-state index in [0.29, 0.717) is 28.3 Å². The number of oxime groups is 2. The minimum Gasteiger partial charge on any atom is -0.496 e. The summed E-state index contributed by atoms with van der Waals surface area (Å²) in [7, 11) is 4.45. The molecule has 9 nitrogen and oxygen atoms in total. The van der Waals surface area contributed by atoms with Crippen molar-refractivity contribution in [3.8, 4) is 28.3 Å². The first-order valence-corrected chi connectivity index (χ1v) is 8.57. The lowest BCUT2D eigenvalue weighted by molar-refractivity contribution is 0.213. The fourth-order valence-electron chi connectivity index (χ4n) is 2.71. The summed E-state index contributed by atoms with van der Waals surface area (Å²) in [5.41, 5.74) is 15.3. The van der Waals surface area contributed by atoms with Crippen LogP contribution in [0.4, 0.5) is 0 Å². The van der Waals surface area contributed by atoms with E-state index in [2.05, 4.69) is 20.3 Å². The van der Waals surface area contributed by atoms with Crippen LogP contribution in [0.15, 0.2) is 63.4 Å². The quantitative estimate of drug-likeness (QED) is 0.357.